The van der Waals surface area contributed by atoms with Crippen LogP contribution in [0, 0.1) is 0 Å². The van der Waals surface area contributed by atoms with E-state index in [0.717, 1.165) is 28.8 Å². The summed E-state index contributed by atoms with van der Waals surface area (Å²) in [6.45, 7) is 2.00. The first kappa shape index (κ1) is 13.7. The molecule has 4 heterocycles. The minimum Gasteiger partial charge on any atom is -0.344 e. The van der Waals surface area contributed by atoms with Gasteiger partial charge in [-0.3, -0.25) is 0 Å². The molecule has 110 valence electrons. The first-order valence-electron chi connectivity index (χ1n) is 6.85. The predicted molar refractivity (Wildman–Crippen MR) is 85.3 cm³/mol. The second kappa shape index (κ2) is 5.35. The Bertz CT molecular complexity index is 664. The number of hydrogen-bond donors (Lipinski definition) is 1. The second-order valence-corrected chi connectivity index (χ2v) is 7.17. The molecule has 2 aliphatic heterocycles. The van der Waals surface area contributed by atoms with E-state index in [4.69, 9.17) is 23.2 Å². The molecule has 0 spiro atoms. The number of rotatable bonds is 2. The van der Waals surface area contributed by atoms with E-state index in [2.05, 4.69) is 25.4 Å². The largest absolute Gasteiger partial charge is 0.344 e. The minimum absolute atomic E-state index is 0.382. The lowest BCUT2D eigenvalue weighted by molar-refractivity contribution is 0.465. The van der Waals surface area contributed by atoms with E-state index in [1.807, 2.05) is 0 Å². The number of halogens is 2. The van der Waals surface area contributed by atoms with Gasteiger partial charge >= 0.3 is 0 Å². The van der Waals surface area contributed by atoms with Crippen molar-refractivity contribution in [2.24, 2.45) is 0 Å². The molecule has 5 nitrogen and oxygen atoms in total. The van der Waals surface area contributed by atoms with Gasteiger partial charge in [-0.25, -0.2) is 4.98 Å². The zero-order valence-corrected chi connectivity index (χ0v) is 13.4. The fraction of sp³-hybridized carbons (Fsp3) is 0.462. The molecular formula is C13H13Cl2N5S. The zero-order chi connectivity index (χ0) is 14.4. The molecular weight excluding hydrogens is 329 g/mol. The molecule has 2 atom stereocenters. The Kier molecular flexibility index (Phi) is 3.49. The molecule has 2 bridgehead atoms. The van der Waals surface area contributed by atoms with Gasteiger partial charge in [-0.1, -0.05) is 34.5 Å². The molecule has 0 saturated carbocycles. The van der Waals surface area contributed by atoms with E-state index < -0.39 is 0 Å². The number of hydrogen-bond acceptors (Lipinski definition) is 6. The maximum Gasteiger partial charge on any atom is 0.208 e. The summed E-state index contributed by atoms with van der Waals surface area (Å²) in [5.41, 5.74) is 0.780. The van der Waals surface area contributed by atoms with E-state index in [0.29, 0.717) is 22.3 Å². The molecule has 8 heteroatoms. The maximum absolute atomic E-state index is 6.21. The van der Waals surface area contributed by atoms with Gasteiger partial charge in [-0.2, -0.15) is 0 Å². The lowest BCUT2D eigenvalue weighted by atomic mass is 10.2. The van der Waals surface area contributed by atoms with E-state index in [1.54, 1.807) is 23.6 Å². The molecule has 0 aromatic carbocycles. The highest BCUT2D eigenvalue weighted by atomic mass is 35.5. The molecule has 1 N–H and O–H groups in total. The number of nitrogens with zero attached hydrogens (tertiary/aromatic N) is 4. The summed E-state index contributed by atoms with van der Waals surface area (Å²) >= 11 is 13.6. The van der Waals surface area contributed by atoms with Gasteiger partial charge in [0, 0.05) is 36.9 Å². The van der Waals surface area contributed by atoms with Crippen molar-refractivity contribution in [3.05, 3.63) is 22.4 Å². The van der Waals surface area contributed by atoms with Crippen LogP contribution in [0.15, 0.2) is 12.3 Å². The van der Waals surface area contributed by atoms with Crippen molar-refractivity contribution in [3.63, 3.8) is 0 Å². The van der Waals surface area contributed by atoms with Crippen LogP contribution in [0.25, 0.3) is 10.6 Å². The Morgan fingerprint density at radius 3 is 2.67 bits per heavy atom. The number of nitrogens with one attached hydrogen (secondary N) is 1. The normalized spacial score (nSPS) is 24.6. The van der Waals surface area contributed by atoms with Crippen LogP contribution in [0.5, 0.6) is 0 Å². The van der Waals surface area contributed by atoms with Crippen LogP contribution < -0.4 is 10.2 Å². The second-order valence-electron chi connectivity index (χ2n) is 5.42. The minimum atomic E-state index is 0.382. The van der Waals surface area contributed by atoms with Crippen molar-refractivity contribution in [2.75, 3.05) is 18.0 Å². The highest BCUT2D eigenvalue weighted by Gasteiger charge is 2.33. The Balaban J connectivity index is 1.61. The fourth-order valence-corrected chi connectivity index (χ4v) is 4.37. The van der Waals surface area contributed by atoms with Gasteiger partial charge in [0.2, 0.25) is 5.13 Å². The van der Waals surface area contributed by atoms with Crippen molar-refractivity contribution in [1.82, 2.24) is 20.5 Å². The van der Waals surface area contributed by atoms with E-state index in [9.17, 15) is 0 Å². The Morgan fingerprint density at radius 2 is 1.95 bits per heavy atom. The predicted octanol–water partition coefficient (Wildman–Crippen LogP) is 2.85. The third-order valence-electron chi connectivity index (χ3n) is 3.95. The van der Waals surface area contributed by atoms with Crippen LogP contribution in [0.4, 0.5) is 5.13 Å². The summed E-state index contributed by atoms with van der Waals surface area (Å²) in [5, 5.41) is 14.9. The third kappa shape index (κ3) is 2.61. The lowest BCUT2D eigenvalue weighted by Gasteiger charge is -2.32. The summed E-state index contributed by atoms with van der Waals surface area (Å²) in [6, 6.07) is 2.79. The number of pyridine rings is 1. The van der Waals surface area contributed by atoms with Crippen LogP contribution in [-0.4, -0.2) is 40.4 Å². The number of anilines is 1. The molecule has 2 aliphatic rings. The molecule has 21 heavy (non-hydrogen) atoms. The lowest BCUT2D eigenvalue weighted by Crippen LogP contribution is -2.51. The van der Waals surface area contributed by atoms with Crippen molar-refractivity contribution in [1.29, 1.82) is 0 Å². The van der Waals surface area contributed by atoms with E-state index in [-0.39, 0.29) is 0 Å². The standard InChI is InChI=1S/C13H13Cl2N5S/c14-10-3-11(15)16-4-9(10)12-18-19-13(21-12)20-5-7-1-2-8(6-20)17-7/h3-4,7-8,17H,1-2,5-6H2. The van der Waals surface area contributed by atoms with Gasteiger partial charge in [0.15, 0.2) is 5.01 Å². The van der Waals surface area contributed by atoms with E-state index >= 15 is 0 Å². The SMILES string of the molecule is Clc1cc(Cl)c(-c2nnc(N3CC4CCC(C3)N4)s2)cn1. The van der Waals surface area contributed by atoms with Crippen LogP contribution in [0.1, 0.15) is 12.8 Å². The monoisotopic (exact) mass is 341 g/mol. The van der Waals surface area contributed by atoms with Gasteiger partial charge in [-0.05, 0) is 18.9 Å². The summed E-state index contributed by atoms with van der Waals surface area (Å²) in [4.78, 5) is 6.39. The Morgan fingerprint density at radius 1 is 1.19 bits per heavy atom. The molecule has 2 saturated heterocycles. The van der Waals surface area contributed by atoms with Gasteiger partial charge in [-0.15, -0.1) is 10.2 Å². The summed E-state index contributed by atoms with van der Waals surface area (Å²) < 4.78 is 0. The average Bonchev–Trinajstić information content (AvgIpc) is 3.06. The van der Waals surface area contributed by atoms with Gasteiger partial charge in [0.25, 0.3) is 0 Å². The van der Waals surface area contributed by atoms with Crippen molar-refractivity contribution < 1.29 is 0 Å². The first-order chi connectivity index (χ1) is 10.2. The fourth-order valence-electron chi connectivity index (χ4n) is 2.97. The molecule has 0 radical (unpaired) electrons. The topological polar surface area (TPSA) is 53.9 Å². The maximum atomic E-state index is 6.21. The first-order valence-corrected chi connectivity index (χ1v) is 8.42. The van der Waals surface area contributed by atoms with Gasteiger partial charge < -0.3 is 10.2 Å². The molecule has 4 rings (SSSR count). The summed E-state index contributed by atoms with van der Waals surface area (Å²) in [7, 11) is 0. The molecule has 2 fully saturated rings. The highest BCUT2D eigenvalue weighted by molar-refractivity contribution is 7.18. The summed E-state index contributed by atoms with van der Waals surface area (Å²) in [5.74, 6) is 0. The highest BCUT2D eigenvalue weighted by Crippen LogP contribution is 2.35. The quantitative estimate of drug-likeness (QED) is 0.851. The Labute approximate surface area is 136 Å². The number of piperazine rings is 1. The average molecular weight is 342 g/mol. The zero-order valence-electron chi connectivity index (χ0n) is 11.1. The Hall–Kier alpha value is -0.950. The molecule has 0 amide bonds. The van der Waals surface area contributed by atoms with Gasteiger partial charge in [0.05, 0.1) is 5.02 Å². The molecule has 2 aromatic rings. The summed E-state index contributed by atoms with van der Waals surface area (Å²) in [6.07, 6.45) is 4.15. The smallest absolute Gasteiger partial charge is 0.208 e. The van der Waals surface area contributed by atoms with Gasteiger partial charge in [0.1, 0.15) is 5.15 Å². The van der Waals surface area contributed by atoms with Crippen LogP contribution in [0.2, 0.25) is 10.2 Å². The van der Waals surface area contributed by atoms with Crippen molar-refractivity contribution in [3.8, 4) is 10.6 Å². The molecule has 2 aromatic heterocycles. The van der Waals surface area contributed by atoms with E-state index in [1.165, 1.54) is 12.8 Å². The van der Waals surface area contributed by atoms with Crippen molar-refractivity contribution in [2.45, 2.75) is 24.9 Å². The number of aromatic nitrogens is 3. The van der Waals surface area contributed by atoms with Crippen LogP contribution >= 0.6 is 34.5 Å². The third-order valence-corrected chi connectivity index (χ3v) is 5.49. The van der Waals surface area contributed by atoms with Crippen LogP contribution in [-0.2, 0) is 0 Å². The molecule has 0 aliphatic carbocycles. The molecule has 2 unspecified atom stereocenters. The number of fused-ring (bicyclic) bond motifs is 2. The van der Waals surface area contributed by atoms with Crippen molar-refractivity contribution >= 4 is 39.7 Å². The van der Waals surface area contributed by atoms with Crippen LogP contribution in [0.3, 0.4) is 0 Å².